The average Bonchev–Trinajstić information content (AvgIpc) is 2.71. The van der Waals surface area contributed by atoms with Crippen molar-refractivity contribution >= 4 is 34.0 Å². The van der Waals surface area contributed by atoms with Crippen LogP contribution >= 0.6 is 15.9 Å². The number of rotatable bonds is 4. The Morgan fingerprint density at radius 2 is 2.30 bits per heavy atom. The molecular weight excluding hydrogens is 324 g/mol. The van der Waals surface area contributed by atoms with Crippen LogP contribution in [-0.2, 0) is 9.59 Å². The first-order valence-electron chi connectivity index (χ1n) is 5.88. The lowest BCUT2D eigenvalue weighted by molar-refractivity contribution is -0.127. The number of hydrogen-bond donors (Lipinski definition) is 3. The molecule has 104 valence electrons. The van der Waals surface area contributed by atoms with Crippen molar-refractivity contribution in [2.75, 3.05) is 0 Å². The standard InChI is InChI=1S/C13H13BrN4O2/c1-8-11(13(20)18-16-8)6-12(19)17-15-7-9-3-2-4-10(14)5-9/h2-5,7,11,16H,1,6H2,(H,17,19)(H,18,20). The Hall–Kier alpha value is -2.15. The van der Waals surface area contributed by atoms with E-state index in [1.165, 1.54) is 6.21 Å². The van der Waals surface area contributed by atoms with E-state index in [9.17, 15) is 9.59 Å². The summed E-state index contributed by atoms with van der Waals surface area (Å²) in [6, 6.07) is 7.49. The summed E-state index contributed by atoms with van der Waals surface area (Å²) in [4.78, 5) is 23.1. The quantitative estimate of drug-likeness (QED) is 0.567. The van der Waals surface area contributed by atoms with E-state index in [4.69, 9.17) is 0 Å². The molecule has 0 aromatic heterocycles. The molecule has 7 heteroatoms. The molecule has 1 aromatic rings. The van der Waals surface area contributed by atoms with E-state index in [0.29, 0.717) is 5.70 Å². The third-order valence-corrected chi connectivity index (χ3v) is 3.22. The summed E-state index contributed by atoms with van der Waals surface area (Å²) in [5.74, 6) is -1.17. The maximum atomic E-state index is 11.7. The third kappa shape index (κ3) is 3.67. The molecule has 20 heavy (non-hydrogen) atoms. The van der Waals surface area contributed by atoms with E-state index in [2.05, 4.69) is 43.9 Å². The van der Waals surface area contributed by atoms with E-state index in [-0.39, 0.29) is 18.2 Å². The molecule has 0 aliphatic carbocycles. The molecule has 0 saturated carbocycles. The van der Waals surface area contributed by atoms with Crippen molar-refractivity contribution in [2.24, 2.45) is 11.0 Å². The molecular formula is C13H13BrN4O2. The van der Waals surface area contributed by atoms with Gasteiger partial charge < -0.3 is 5.43 Å². The van der Waals surface area contributed by atoms with Gasteiger partial charge in [-0.2, -0.15) is 5.10 Å². The SMILES string of the molecule is C=C1NNC(=O)C1CC(=O)NN=Cc1cccc(Br)c1. The lowest BCUT2D eigenvalue weighted by Gasteiger charge is -2.05. The van der Waals surface area contributed by atoms with Gasteiger partial charge in [0.05, 0.1) is 12.1 Å². The molecule has 1 aromatic carbocycles. The number of hydrogen-bond acceptors (Lipinski definition) is 4. The number of nitrogens with zero attached hydrogens (tertiary/aromatic N) is 1. The first kappa shape index (κ1) is 14.3. The van der Waals surface area contributed by atoms with Gasteiger partial charge in [0.1, 0.15) is 0 Å². The van der Waals surface area contributed by atoms with Gasteiger partial charge in [0, 0.05) is 16.6 Å². The van der Waals surface area contributed by atoms with Crippen LogP contribution in [0, 0.1) is 5.92 Å². The zero-order valence-corrected chi connectivity index (χ0v) is 12.1. The molecule has 3 N–H and O–H groups in total. The van der Waals surface area contributed by atoms with Gasteiger partial charge in [-0.1, -0.05) is 34.6 Å². The van der Waals surface area contributed by atoms with Crippen molar-refractivity contribution in [1.29, 1.82) is 0 Å². The fraction of sp³-hybridized carbons (Fsp3) is 0.154. The van der Waals surface area contributed by atoms with Crippen LogP contribution in [0.1, 0.15) is 12.0 Å². The summed E-state index contributed by atoms with van der Waals surface area (Å²) in [6.07, 6.45) is 1.54. The maximum Gasteiger partial charge on any atom is 0.247 e. The monoisotopic (exact) mass is 336 g/mol. The molecule has 1 atom stereocenters. The molecule has 1 aliphatic rings. The molecule has 0 spiro atoms. The average molecular weight is 337 g/mol. The number of nitrogens with one attached hydrogen (secondary N) is 3. The Labute approximate surface area is 124 Å². The van der Waals surface area contributed by atoms with Gasteiger partial charge in [0.15, 0.2) is 0 Å². The van der Waals surface area contributed by atoms with Crippen LogP contribution in [0.2, 0.25) is 0 Å². The number of amides is 2. The number of hydrazine groups is 1. The fourth-order valence-corrected chi connectivity index (χ4v) is 2.10. The molecule has 1 aliphatic heterocycles. The number of halogens is 1. The molecule has 1 heterocycles. The van der Waals surface area contributed by atoms with Crippen molar-refractivity contribution in [3.63, 3.8) is 0 Å². The largest absolute Gasteiger partial charge is 0.302 e. The van der Waals surface area contributed by atoms with Crippen LogP contribution in [-0.4, -0.2) is 18.0 Å². The Bertz CT molecular complexity index is 569. The second-order valence-electron chi connectivity index (χ2n) is 4.24. The summed E-state index contributed by atoms with van der Waals surface area (Å²) in [6.45, 7) is 3.66. The normalized spacial score (nSPS) is 17.9. The van der Waals surface area contributed by atoms with E-state index >= 15 is 0 Å². The van der Waals surface area contributed by atoms with Crippen LogP contribution in [0.15, 0.2) is 46.1 Å². The van der Waals surface area contributed by atoms with Crippen LogP contribution < -0.4 is 16.3 Å². The van der Waals surface area contributed by atoms with E-state index in [1.807, 2.05) is 24.3 Å². The minimum absolute atomic E-state index is 0.00743. The summed E-state index contributed by atoms with van der Waals surface area (Å²) in [5.41, 5.74) is 8.72. The van der Waals surface area contributed by atoms with Gasteiger partial charge in [0.2, 0.25) is 11.8 Å². The molecule has 1 saturated heterocycles. The number of carbonyl (C=O) groups excluding carboxylic acids is 2. The highest BCUT2D eigenvalue weighted by Gasteiger charge is 2.29. The molecule has 0 bridgehead atoms. The van der Waals surface area contributed by atoms with Crippen LogP contribution in [0.3, 0.4) is 0 Å². The predicted octanol–water partition coefficient (Wildman–Crippen LogP) is 1.05. The van der Waals surface area contributed by atoms with Gasteiger partial charge in [0.25, 0.3) is 0 Å². The van der Waals surface area contributed by atoms with Gasteiger partial charge in [-0.3, -0.25) is 15.0 Å². The lowest BCUT2D eigenvalue weighted by Crippen LogP contribution is -2.27. The second-order valence-corrected chi connectivity index (χ2v) is 5.16. The number of benzene rings is 1. The van der Waals surface area contributed by atoms with Gasteiger partial charge >= 0.3 is 0 Å². The number of hydrazone groups is 1. The molecule has 1 unspecified atom stereocenters. The van der Waals surface area contributed by atoms with Gasteiger partial charge in [-0.15, -0.1) is 0 Å². The van der Waals surface area contributed by atoms with Crippen LogP contribution in [0.5, 0.6) is 0 Å². The second kappa shape index (κ2) is 6.33. The molecule has 0 radical (unpaired) electrons. The van der Waals surface area contributed by atoms with Crippen molar-refractivity contribution in [3.8, 4) is 0 Å². The molecule has 2 rings (SSSR count). The highest BCUT2D eigenvalue weighted by Crippen LogP contribution is 2.15. The fourth-order valence-electron chi connectivity index (χ4n) is 1.69. The Morgan fingerprint density at radius 3 is 2.95 bits per heavy atom. The Balaban J connectivity index is 1.86. The van der Waals surface area contributed by atoms with Crippen molar-refractivity contribution in [3.05, 3.63) is 46.6 Å². The van der Waals surface area contributed by atoms with Gasteiger partial charge in [-0.25, -0.2) is 5.43 Å². The minimum Gasteiger partial charge on any atom is -0.302 e. The Morgan fingerprint density at radius 1 is 1.50 bits per heavy atom. The first-order chi connectivity index (χ1) is 9.56. The van der Waals surface area contributed by atoms with Crippen LogP contribution in [0.25, 0.3) is 0 Å². The summed E-state index contributed by atoms with van der Waals surface area (Å²) >= 11 is 3.34. The van der Waals surface area contributed by atoms with Crippen LogP contribution in [0.4, 0.5) is 0 Å². The topological polar surface area (TPSA) is 82.6 Å². The zero-order chi connectivity index (χ0) is 14.5. The smallest absolute Gasteiger partial charge is 0.247 e. The van der Waals surface area contributed by atoms with E-state index in [1.54, 1.807) is 0 Å². The minimum atomic E-state index is -0.559. The molecule has 1 fully saturated rings. The van der Waals surface area contributed by atoms with Crippen molar-refractivity contribution in [1.82, 2.24) is 16.3 Å². The third-order valence-electron chi connectivity index (χ3n) is 2.72. The predicted molar refractivity (Wildman–Crippen MR) is 78.4 cm³/mol. The highest BCUT2D eigenvalue weighted by atomic mass is 79.9. The first-order valence-corrected chi connectivity index (χ1v) is 6.67. The molecule has 2 amide bonds. The van der Waals surface area contributed by atoms with Gasteiger partial charge in [-0.05, 0) is 17.7 Å². The summed E-state index contributed by atoms with van der Waals surface area (Å²) in [5, 5.41) is 3.85. The summed E-state index contributed by atoms with van der Waals surface area (Å²) in [7, 11) is 0. The maximum absolute atomic E-state index is 11.7. The number of carbonyl (C=O) groups is 2. The highest BCUT2D eigenvalue weighted by molar-refractivity contribution is 9.10. The zero-order valence-electron chi connectivity index (χ0n) is 10.5. The van der Waals surface area contributed by atoms with E-state index < -0.39 is 5.92 Å². The Kier molecular flexibility index (Phi) is 4.52. The lowest BCUT2D eigenvalue weighted by atomic mass is 10.0. The summed E-state index contributed by atoms with van der Waals surface area (Å²) < 4.78 is 0.928. The molecule has 6 nitrogen and oxygen atoms in total. The van der Waals surface area contributed by atoms with E-state index in [0.717, 1.165) is 10.0 Å². The van der Waals surface area contributed by atoms with Crippen molar-refractivity contribution in [2.45, 2.75) is 6.42 Å². The van der Waals surface area contributed by atoms with Crippen molar-refractivity contribution < 1.29 is 9.59 Å².